The summed E-state index contributed by atoms with van der Waals surface area (Å²) in [5, 5.41) is 7.78. The van der Waals surface area contributed by atoms with Crippen molar-refractivity contribution >= 4 is 33.3 Å². The fourth-order valence-corrected chi connectivity index (χ4v) is 4.02. The van der Waals surface area contributed by atoms with Crippen molar-refractivity contribution in [2.75, 3.05) is 11.9 Å². The van der Waals surface area contributed by atoms with Gasteiger partial charge in [0.2, 0.25) is 11.2 Å². The van der Waals surface area contributed by atoms with E-state index in [0.717, 1.165) is 0 Å². The maximum absolute atomic E-state index is 13.5. The summed E-state index contributed by atoms with van der Waals surface area (Å²) in [6.45, 7) is 1.92. The van der Waals surface area contributed by atoms with E-state index in [2.05, 4.69) is 15.4 Å². The highest BCUT2D eigenvalue weighted by atomic mass is 32.1. The number of anilines is 1. The summed E-state index contributed by atoms with van der Waals surface area (Å²) in [7, 11) is 0. The van der Waals surface area contributed by atoms with Crippen LogP contribution in [0.3, 0.4) is 0 Å². The molecule has 0 saturated carbocycles. The fourth-order valence-electron chi connectivity index (χ4n) is 3.07. The van der Waals surface area contributed by atoms with Crippen molar-refractivity contribution in [3.8, 4) is 16.6 Å². The molecule has 0 radical (unpaired) electrons. The number of benzene rings is 2. The van der Waals surface area contributed by atoms with E-state index in [9.17, 15) is 9.18 Å². The first-order valence-corrected chi connectivity index (χ1v) is 9.71. The Kier molecular flexibility index (Phi) is 4.17. The lowest BCUT2D eigenvalue weighted by Gasteiger charge is -2.25. The third-order valence-electron chi connectivity index (χ3n) is 4.40. The van der Waals surface area contributed by atoms with Gasteiger partial charge >= 0.3 is 0 Å². The van der Waals surface area contributed by atoms with Crippen LogP contribution in [0.2, 0.25) is 0 Å². The van der Waals surface area contributed by atoms with Gasteiger partial charge in [-0.1, -0.05) is 23.5 Å². The minimum Gasteiger partial charge on any atom is -0.485 e. The molecule has 7 nitrogen and oxygen atoms in total. The molecule has 1 amide bonds. The van der Waals surface area contributed by atoms with E-state index >= 15 is 0 Å². The van der Waals surface area contributed by atoms with Crippen LogP contribution in [0.1, 0.15) is 5.69 Å². The first-order chi connectivity index (χ1) is 14.1. The maximum Gasteiger partial charge on any atom is 0.270 e. The van der Waals surface area contributed by atoms with Gasteiger partial charge in [0.25, 0.3) is 5.91 Å². The van der Waals surface area contributed by atoms with Crippen molar-refractivity contribution in [3.05, 3.63) is 60.0 Å². The molecule has 0 saturated heterocycles. The number of thiazole rings is 1. The summed E-state index contributed by atoms with van der Waals surface area (Å²) in [6, 6.07) is 13.3. The molecule has 2 aromatic heterocycles. The lowest BCUT2D eigenvalue weighted by molar-refractivity contribution is -0.125. The number of aromatic nitrogens is 3. The number of aryl methyl sites for hydroxylation is 1. The third kappa shape index (κ3) is 3.29. The minimum absolute atomic E-state index is 0.108. The van der Waals surface area contributed by atoms with Crippen molar-refractivity contribution in [1.29, 1.82) is 0 Å². The van der Waals surface area contributed by atoms with E-state index in [0.29, 0.717) is 38.4 Å². The van der Waals surface area contributed by atoms with Gasteiger partial charge in [0.1, 0.15) is 18.2 Å². The lowest BCUT2D eigenvalue weighted by atomic mass is 10.2. The number of fused-ring (bicyclic) bond motifs is 2. The Balaban J connectivity index is 1.41. The molecule has 9 heteroatoms. The monoisotopic (exact) mass is 410 g/mol. The van der Waals surface area contributed by atoms with Crippen LogP contribution in [-0.2, 0) is 4.79 Å². The van der Waals surface area contributed by atoms with Gasteiger partial charge in [-0.3, -0.25) is 4.79 Å². The zero-order valence-corrected chi connectivity index (χ0v) is 16.1. The Morgan fingerprint density at radius 1 is 1.24 bits per heavy atom. The smallest absolute Gasteiger partial charge is 0.270 e. The van der Waals surface area contributed by atoms with E-state index in [-0.39, 0.29) is 18.3 Å². The minimum atomic E-state index is -0.794. The predicted molar refractivity (Wildman–Crippen MR) is 106 cm³/mol. The van der Waals surface area contributed by atoms with Crippen molar-refractivity contribution in [2.24, 2.45) is 0 Å². The Hall–Kier alpha value is -3.46. The zero-order chi connectivity index (χ0) is 20.0. The van der Waals surface area contributed by atoms with Crippen LogP contribution < -0.4 is 14.8 Å². The molecule has 146 valence electrons. The number of carbonyl (C=O) groups excluding carboxylic acids is 1. The summed E-state index contributed by atoms with van der Waals surface area (Å²) in [4.78, 5) is 17.3. The first-order valence-electron chi connectivity index (χ1n) is 8.89. The number of rotatable bonds is 3. The van der Waals surface area contributed by atoms with Crippen LogP contribution in [0.5, 0.6) is 11.5 Å². The molecule has 0 bridgehead atoms. The van der Waals surface area contributed by atoms with Gasteiger partial charge in [0, 0.05) is 6.07 Å². The van der Waals surface area contributed by atoms with Crippen molar-refractivity contribution < 1.29 is 18.7 Å². The summed E-state index contributed by atoms with van der Waals surface area (Å²) < 4.78 is 27.1. The third-order valence-corrected chi connectivity index (χ3v) is 5.40. The van der Waals surface area contributed by atoms with Crippen LogP contribution in [0.4, 0.5) is 10.2 Å². The number of hydrogen-bond donors (Lipinski definition) is 1. The van der Waals surface area contributed by atoms with E-state index < -0.39 is 6.10 Å². The Labute approximate surface area is 168 Å². The van der Waals surface area contributed by atoms with Gasteiger partial charge in [-0.15, -0.1) is 0 Å². The van der Waals surface area contributed by atoms with Gasteiger partial charge in [-0.25, -0.2) is 9.37 Å². The van der Waals surface area contributed by atoms with E-state index in [1.807, 2.05) is 19.1 Å². The highest BCUT2D eigenvalue weighted by Gasteiger charge is 2.28. The van der Waals surface area contributed by atoms with Gasteiger partial charge in [-0.2, -0.15) is 9.78 Å². The maximum atomic E-state index is 13.5. The topological polar surface area (TPSA) is 78.3 Å². The summed E-state index contributed by atoms with van der Waals surface area (Å²) in [6.07, 6.45) is -0.794. The van der Waals surface area contributed by atoms with Crippen LogP contribution in [0, 0.1) is 12.7 Å². The molecule has 1 atom stereocenters. The first kappa shape index (κ1) is 17.6. The number of halogens is 1. The number of nitrogens with one attached hydrogen (secondary N) is 1. The molecule has 0 unspecified atom stereocenters. The molecular formula is C20H15FN4O3S. The molecule has 5 rings (SSSR count). The molecule has 1 aliphatic rings. The molecule has 29 heavy (non-hydrogen) atoms. The van der Waals surface area contributed by atoms with Crippen LogP contribution in [0.15, 0.2) is 48.5 Å². The Morgan fingerprint density at radius 2 is 2.07 bits per heavy atom. The summed E-state index contributed by atoms with van der Waals surface area (Å²) in [5.41, 5.74) is 1.37. The number of amides is 1. The van der Waals surface area contributed by atoms with Crippen LogP contribution in [-0.4, -0.2) is 33.4 Å². The highest BCUT2D eigenvalue weighted by Crippen LogP contribution is 2.32. The second-order valence-electron chi connectivity index (χ2n) is 6.54. The second kappa shape index (κ2) is 6.85. The Bertz CT molecular complexity index is 1240. The molecule has 1 aliphatic heterocycles. The van der Waals surface area contributed by atoms with Crippen molar-refractivity contribution in [2.45, 2.75) is 13.0 Å². The van der Waals surface area contributed by atoms with Gasteiger partial charge in [0.05, 0.1) is 15.9 Å². The predicted octanol–water partition coefficient (Wildman–Crippen LogP) is 3.71. The normalized spacial score (nSPS) is 15.4. The number of nitrogens with zero attached hydrogens (tertiary/aromatic N) is 3. The lowest BCUT2D eigenvalue weighted by Crippen LogP contribution is -2.40. The number of ether oxygens (including phenoxy) is 2. The van der Waals surface area contributed by atoms with Crippen molar-refractivity contribution in [3.63, 3.8) is 0 Å². The van der Waals surface area contributed by atoms with Crippen LogP contribution >= 0.6 is 11.3 Å². The largest absolute Gasteiger partial charge is 0.485 e. The number of hydrogen-bond acceptors (Lipinski definition) is 6. The van der Waals surface area contributed by atoms with Crippen LogP contribution in [0.25, 0.3) is 15.3 Å². The molecule has 2 aromatic carbocycles. The molecule has 4 aromatic rings. The quantitative estimate of drug-likeness (QED) is 0.557. The molecular weight excluding hydrogens is 395 g/mol. The van der Waals surface area contributed by atoms with E-state index in [1.54, 1.807) is 24.3 Å². The fraction of sp³-hybridized carbons (Fsp3) is 0.150. The van der Waals surface area contributed by atoms with E-state index in [4.69, 9.17) is 9.47 Å². The molecule has 0 spiro atoms. The van der Waals surface area contributed by atoms with Gasteiger partial charge in [-0.05, 0) is 37.3 Å². The van der Waals surface area contributed by atoms with Gasteiger partial charge < -0.3 is 14.8 Å². The molecule has 3 heterocycles. The molecule has 1 N–H and O–H groups in total. The molecule has 0 fully saturated rings. The van der Waals surface area contributed by atoms with Crippen molar-refractivity contribution in [1.82, 2.24) is 14.8 Å². The molecule has 0 aliphatic carbocycles. The van der Waals surface area contributed by atoms with Gasteiger partial charge in [0.15, 0.2) is 11.5 Å². The second-order valence-corrected chi connectivity index (χ2v) is 7.55. The van der Waals surface area contributed by atoms with E-state index in [1.165, 1.54) is 28.2 Å². The zero-order valence-electron chi connectivity index (χ0n) is 15.3. The summed E-state index contributed by atoms with van der Waals surface area (Å²) >= 11 is 1.29. The average Bonchev–Trinajstić information content (AvgIpc) is 3.30. The number of para-hydroxylation sites is 2. The Morgan fingerprint density at radius 3 is 2.93 bits per heavy atom. The standard InChI is InChI=1S/C20H15FN4O3S/c1-11-8-18(23-19(26)16-10-27-14-4-2-3-5-15(14)28-16)25(24-11)20-22-13-7-6-12(21)9-17(13)29-20/h2-9,16H,10H2,1H3,(H,23,26)/t16-/m0/s1. The summed E-state index contributed by atoms with van der Waals surface area (Å²) in [5.74, 6) is 0.908. The SMILES string of the molecule is Cc1cc(NC(=O)[C@@H]2COc3ccccc3O2)n(-c2nc3ccc(F)cc3s2)n1. The average molecular weight is 410 g/mol. The number of carbonyl (C=O) groups is 1. The highest BCUT2D eigenvalue weighted by molar-refractivity contribution is 7.20.